The van der Waals surface area contributed by atoms with E-state index >= 15 is 0 Å². The maximum Gasteiger partial charge on any atom is 0.288 e. The summed E-state index contributed by atoms with van der Waals surface area (Å²) in [6.45, 7) is 7.12. The zero-order chi connectivity index (χ0) is 20.5. The summed E-state index contributed by atoms with van der Waals surface area (Å²) in [6, 6.07) is 5.83. The highest BCUT2D eigenvalue weighted by molar-refractivity contribution is 7.92. The van der Waals surface area contributed by atoms with Crippen molar-refractivity contribution in [3.8, 4) is 0 Å². The third-order valence-electron chi connectivity index (χ3n) is 4.95. The molecule has 0 spiro atoms. The Balaban J connectivity index is 2.21. The number of benzene rings is 1. The van der Waals surface area contributed by atoms with Gasteiger partial charge < -0.3 is 15.2 Å². The molecule has 2 heterocycles. The molecule has 150 valence electrons. The van der Waals surface area contributed by atoms with Gasteiger partial charge >= 0.3 is 0 Å². The molecule has 0 unspecified atom stereocenters. The van der Waals surface area contributed by atoms with Gasteiger partial charge in [-0.3, -0.25) is 4.79 Å². The molecule has 0 saturated carbocycles. The van der Waals surface area contributed by atoms with Crippen LogP contribution in [-0.2, 0) is 16.4 Å². The third-order valence-corrected chi connectivity index (χ3v) is 7.06. The monoisotopic (exact) mass is 424 g/mol. The first-order valence-corrected chi connectivity index (χ1v) is 10.9. The highest BCUT2D eigenvalue weighted by Crippen LogP contribution is 2.34. The maximum atomic E-state index is 13.3. The average molecular weight is 425 g/mol. The van der Waals surface area contributed by atoms with Crippen molar-refractivity contribution in [1.29, 1.82) is 0 Å². The van der Waals surface area contributed by atoms with Crippen LogP contribution in [0, 0.1) is 0 Å². The molecule has 3 rings (SSSR count). The number of fused-ring (bicyclic) bond motifs is 1. The zero-order valence-electron chi connectivity index (χ0n) is 15.7. The number of quaternary nitrogens is 1. The van der Waals surface area contributed by atoms with Crippen molar-refractivity contribution in [2.24, 2.45) is 0 Å². The first-order valence-electron chi connectivity index (χ1n) is 9.00. The quantitative estimate of drug-likeness (QED) is 0.517. The molecule has 10 heteroatoms. The molecular formula is C18H23ClN5O3S+. The van der Waals surface area contributed by atoms with Crippen molar-refractivity contribution in [1.82, 2.24) is 14.8 Å². The molecule has 0 aliphatic heterocycles. The lowest BCUT2D eigenvalue weighted by molar-refractivity contribution is -0.897. The first kappa shape index (κ1) is 20.4. The number of sulfone groups is 1. The molecule has 8 nitrogen and oxygen atoms in total. The van der Waals surface area contributed by atoms with Crippen LogP contribution in [0.25, 0.3) is 10.9 Å². The highest BCUT2D eigenvalue weighted by Gasteiger charge is 2.29. The number of nitrogens with two attached hydrogens (primary N) is 1. The maximum absolute atomic E-state index is 13.3. The molecule has 2 aromatic heterocycles. The number of aromatic nitrogens is 3. The SMILES string of the molecule is CC[NH+](CC)CCn1c(N)c(S(=O)(=O)c2ccc(Cl)cc2)c2cn[nH]c(=O)c21. The summed E-state index contributed by atoms with van der Waals surface area (Å²) < 4.78 is 28.1. The number of halogens is 1. The fourth-order valence-electron chi connectivity index (χ4n) is 3.33. The fourth-order valence-corrected chi connectivity index (χ4v) is 5.01. The van der Waals surface area contributed by atoms with Crippen LogP contribution in [-0.4, -0.2) is 42.8 Å². The summed E-state index contributed by atoms with van der Waals surface area (Å²) >= 11 is 5.88. The van der Waals surface area contributed by atoms with Crippen LogP contribution in [0.1, 0.15) is 13.8 Å². The summed E-state index contributed by atoms with van der Waals surface area (Å²) in [4.78, 5) is 13.7. The van der Waals surface area contributed by atoms with Crippen LogP contribution in [0.5, 0.6) is 0 Å². The van der Waals surface area contributed by atoms with Crippen LogP contribution < -0.4 is 16.2 Å². The number of hydrogen-bond acceptors (Lipinski definition) is 5. The molecule has 0 atom stereocenters. The molecule has 0 bridgehead atoms. The smallest absolute Gasteiger partial charge is 0.288 e. The van der Waals surface area contributed by atoms with E-state index in [0.29, 0.717) is 18.1 Å². The number of nitrogen functional groups attached to an aromatic ring is 1. The molecule has 1 aromatic carbocycles. The third kappa shape index (κ3) is 3.52. The highest BCUT2D eigenvalue weighted by atomic mass is 35.5. The second-order valence-corrected chi connectivity index (χ2v) is 8.81. The Bertz CT molecular complexity index is 1150. The minimum atomic E-state index is -3.96. The van der Waals surface area contributed by atoms with Gasteiger partial charge in [-0.15, -0.1) is 0 Å². The summed E-state index contributed by atoms with van der Waals surface area (Å²) in [5.74, 6) is 0.0370. The van der Waals surface area contributed by atoms with Gasteiger partial charge in [-0.05, 0) is 38.1 Å². The molecule has 4 N–H and O–H groups in total. The lowest BCUT2D eigenvalue weighted by Crippen LogP contribution is -3.11. The Morgan fingerprint density at radius 3 is 2.46 bits per heavy atom. The first-order chi connectivity index (χ1) is 13.3. The molecule has 3 aromatic rings. The van der Waals surface area contributed by atoms with E-state index in [1.165, 1.54) is 35.4 Å². The lowest BCUT2D eigenvalue weighted by Gasteiger charge is -2.16. The Morgan fingerprint density at radius 2 is 1.86 bits per heavy atom. The van der Waals surface area contributed by atoms with Gasteiger partial charge in [-0.2, -0.15) is 5.10 Å². The molecule has 28 heavy (non-hydrogen) atoms. The van der Waals surface area contributed by atoms with Crippen molar-refractivity contribution in [3.63, 3.8) is 0 Å². The number of likely N-dealkylation sites (N-methyl/N-ethyl adjacent to an activating group) is 1. The standard InChI is InChI=1S/C18H22ClN5O3S/c1-3-23(4-2)9-10-24-15-14(11-21-22-18(15)25)16(17(24)20)28(26,27)13-7-5-12(19)6-8-13/h5-8,11H,3-4,9-10,20H2,1-2H3,(H,22,25)/p+1. The number of hydrogen-bond donors (Lipinski definition) is 3. The minimum absolute atomic E-state index is 0.0370. The molecule has 0 fully saturated rings. The Labute approximate surface area is 167 Å². The predicted molar refractivity (Wildman–Crippen MR) is 109 cm³/mol. The van der Waals surface area contributed by atoms with Crippen molar-refractivity contribution in [3.05, 3.63) is 45.8 Å². The van der Waals surface area contributed by atoms with Crippen molar-refractivity contribution >= 4 is 38.2 Å². The van der Waals surface area contributed by atoms with E-state index in [0.717, 1.165) is 13.1 Å². The van der Waals surface area contributed by atoms with Crippen molar-refractivity contribution in [2.45, 2.75) is 30.2 Å². The Morgan fingerprint density at radius 1 is 1.21 bits per heavy atom. The number of nitrogens with zero attached hydrogens (tertiary/aromatic N) is 2. The van der Waals surface area contributed by atoms with Crippen LogP contribution in [0.2, 0.25) is 5.02 Å². The van der Waals surface area contributed by atoms with Gasteiger partial charge in [0.15, 0.2) is 0 Å². The van der Waals surface area contributed by atoms with E-state index in [1.54, 1.807) is 4.57 Å². The van der Waals surface area contributed by atoms with Crippen molar-refractivity contribution < 1.29 is 13.3 Å². The van der Waals surface area contributed by atoms with Gasteiger partial charge in [0, 0.05) is 10.4 Å². The number of anilines is 1. The molecule has 0 aliphatic carbocycles. The fraction of sp³-hybridized carbons (Fsp3) is 0.333. The van der Waals surface area contributed by atoms with E-state index in [4.69, 9.17) is 17.3 Å². The number of aromatic amines is 1. The Kier molecular flexibility index (Phi) is 5.78. The second-order valence-electron chi connectivity index (χ2n) is 6.49. The normalized spacial score (nSPS) is 12.1. The molecule has 0 aliphatic rings. The van der Waals surface area contributed by atoms with Gasteiger partial charge in [0.1, 0.15) is 16.2 Å². The van der Waals surface area contributed by atoms with Crippen LogP contribution in [0.3, 0.4) is 0 Å². The Hall–Kier alpha value is -2.36. The summed E-state index contributed by atoms with van der Waals surface area (Å²) in [7, 11) is -3.96. The van der Waals surface area contributed by atoms with Gasteiger partial charge in [-0.1, -0.05) is 11.6 Å². The zero-order valence-corrected chi connectivity index (χ0v) is 17.3. The number of rotatable bonds is 7. The van der Waals surface area contributed by atoms with Crippen LogP contribution in [0.4, 0.5) is 5.82 Å². The van der Waals surface area contributed by atoms with Crippen molar-refractivity contribution in [2.75, 3.05) is 25.4 Å². The van der Waals surface area contributed by atoms with E-state index in [9.17, 15) is 13.2 Å². The van der Waals surface area contributed by atoms with E-state index in [1.807, 2.05) is 0 Å². The molecule has 0 amide bonds. The predicted octanol–water partition coefficient (Wildman–Crippen LogP) is 0.718. The minimum Gasteiger partial charge on any atom is -0.384 e. The molecule has 0 radical (unpaired) electrons. The van der Waals surface area contributed by atoms with Gasteiger partial charge in [0.05, 0.1) is 37.3 Å². The van der Waals surface area contributed by atoms with Gasteiger partial charge in [-0.25, -0.2) is 13.5 Å². The number of H-pyrrole nitrogens is 1. The van der Waals surface area contributed by atoms with E-state index < -0.39 is 15.4 Å². The van der Waals surface area contributed by atoms with E-state index in [-0.39, 0.29) is 26.5 Å². The summed E-state index contributed by atoms with van der Waals surface area (Å²) in [6.07, 6.45) is 1.33. The van der Waals surface area contributed by atoms with Crippen LogP contribution >= 0.6 is 11.6 Å². The summed E-state index contributed by atoms with van der Waals surface area (Å²) in [5.41, 5.74) is 6.01. The molecule has 0 saturated heterocycles. The largest absolute Gasteiger partial charge is 0.384 e. The van der Waals surface area contributed by atoms with E-state index in [2.05, 4.69) is 24.0 Å². The number of nitrogens with one attached hydrogen (secondary N) is 2. The van der Waals surface area contributed by atoms with Gasteiger partial charge in [0.25, 0.3) is 5.56 Å². The second kappa shape index (κ2) is 7.94. The average Bonchev–Trinajstić information content (AvgIpc) is 2.96. The molecular weight excluding hydrogens is 402 g/mol. The topological polar surface area (TPSA) is 115 Å². The summed E-state index contributed by atoms with van der Waals surface area (Å²) in [5, 5.41) is 6.79. The lowest BCUT2D eigenvalue weighted by atomic mass is 10.3. The van der Waals surface area contributed by atoms with Crippen LogP contribution in [0.15, 0.2) is 45.0 Å². The van der Waals surface area contributed by atoms with Gasteiger partial charge in [0.2, 0.25) is 9.84 Å².